The standard InChI is InChI=1S/C24H27N3O5/c1-31-16-15-26-22(28)20(23(29)27(24(26)30)18-9-5-4-6-10-18)17-19-11-12-21(32-19)25-13-7-2-3-8-14-25/h4-6,9-12,17H,2-3,7-8,13-16H2,1H3/b20-17-. The van der Waals surface area contributed by atoms with Gasteiger partial charge in [0.15, 0.2) is 5.88 Å². The van der Waals surface area contributed by atoms with E-state index in [0.29, 0.717) is 11.4 Å². The maximum Gasteiger partial charge on any atom is 0.338 e. The average Bonchev–Trinajstić information content (AvgIpc) is 3.10. The third kappa shape index (κ3) is 4.45. The molecule has 0 N–H and O–H groups in total. The summed E-state index contributed by atoms with van der Waals surface area (Å²) in [5.41, 5.74) is 0.273. The molecule has 0 unspecified atom stereocenters. The summed E-state index contributed by atoms with van der Waals surface area (Å²) in [5, 5.41) is 0. The van der Waals surface area contributed by atoms with Crippen LogP contribution in [0.4, 0.5) is 16.4 Å². The zero-order valence-electron chi connectivity index (χ0n) is 18.2. The average molecular weight is 437 g/mol. The Morgan fingerprint density at radius 2 is 1.66 bits per heavy atom. The fourth-order valence-electron chi connectivity index (χ4n) is 3.98. The lowest BCUT2D eigenvalue weighted by Gasteiger charge is -2.33. The zero-order valence-corrected chi connectivity index (χ0v) is 18.2. The van der Waals surface area contributed by atoms with Gasteiger partial charge in [-0.2, -0.15) is 0 Å². The number of anilines is 2. The fourth-order valence-corrected chi connectivity index (χ4v) is 3.98. The van der Waals surface area contributed by atoms with Crippen molar-refractivity contribution in [3.8, 4) is 0 Å². The van der Waals surface area contributed by atoms with Crippen molar-refractivity contribution in [3.05, 3.63) is 53.8 Å². The molecule has 0 spiro atoms. The van der Waals surface area contributed by atoms with E-state index in [-0.39, 0.29) is 18.7 Å². The van der Waals surface area contributed by atoms with Gasteiger partial charge in [-0.25, -0.2) is 9.69 Å². The fraction of sp³-hybridized carbons (Fsp3) is 0.375. The first kappa shape index (κ1) is 21.8. The van der Waals surface area contributed by atoms with Gasteiger partial charge in [0, 0.05) is 26.3 Å². The first-order valence-electron chi connectivity index (χ1n) is 10.9. The lowest BCUT2D eigenvalue weighted by molar-refractivity contribution is -0.129. The number of para-hydroxylation sites is 1. The molecule has 2 aromatic rings. The van der Waals surface area contributed by atoms with Crippen molar-refractivity contribution in [3.63, 3.8) is 0 Å². The minimum Gasteiger partial charge on any atom is -0.441 e. The highest BCUT2D eigenvalue weighted by atomic mass is 16.5. The molecule has 1 aromatic carbocycles. The van der Waals surface area contributed by atoms with Gasteiger partial charge in [-0.05, 0) is 37.1 Å². The van der Waals surface area contributed by atoms with Crippen molar-refractivity contribution in [1.82, 2.24) is 4.90 Å². The van der Waals surface area contributed by atoms with E-state index in [0.717, 1.165) is 41.6 Å². The molecular formula is C24H27N3O5. The van der Waals surface area contributed by atoms with E-state index in [1.54, 1.807) is 36.4 Å². The van der Waals surface area contributed by atoms with Gasteiger partial charge in [-0.1, -0.05) is 31.0 Å². The number of hydrogen-bond donors (Lipinski definition) is 0. The molecule has 0 aliphatic carbocycles. The number of amides is 4. The van der Waals surface area contributed by atoms with E-state index in [2.05, 4.69) is 4.90 Å². The number of carbonyl (C=O) groups excluding carboxylic acids is 3. The molecule has 0 saturated carbocycles. The quantitative estimate of drug-likeness (QED) is 0.506. The van der Waals surface area contributed by atoms with Crippen LogP contribution in [-0.2, 0) is 14.3 Å². The maximum atomic E-state index is 13.2. The molecule has 0 atom stereocenters. The summed E-state index contributed by atoms with van der Waals surface area (Å²) in [4.78, 5) is 43.5. The Bertz CT molecular complexity index is 1010. The van der Waals surface area contributed by atoms with Gasteiger partial charge in [0.2, 0.25) is 0 Å². The molecule has 1 aromatic heterocycles. The number of barbiturate groups is 1. The first-order valence-corrected chi connectivity index (χ1v) is 10.9. The van der Waals surface area contributed by atoms with Crippen molar-refractivity contribution >= 4 is 35.5 Å². The highest BCUT2D eigenvalue weighted by Crippen LogP contribution is 2.28. The molecule has 0 bridgehead atoms. The van der Waals surface area contributed by atoms with Gasteiger partial charge in [0.25, 0.3) is 11.8 Å². The topological polar surface area (TPSA) is 83.3 Å². The van der Waals surface area contributed by atoms with Crippen LogP contribution in [0, 0.1) is 0 Å². The van der Waals surface area contributed by atoms with Crippen molar-refractivity contribution in [2.75, 3.05) is 43.2 Å². The van der Waals surface area contributed by atoms with Crippen LogP contribution in [0.5, 0.6) is 0 Å². The Kier molecular flexibility index (Phi) is 6.70. The van der Waals surface area contributed by atoms with Crippen LogP contribution in [0.2, 0.25) is 0 Å². The van der Waals surface area contributed by atoms with Crippen LogP contribution in [0.3, 0.4) is 0 Å². The van der Waals surface area contributed by atoms with E-state index in [1.807, 2.05) is 6.07 Å². The predicted octanol–water partition coefficient (Wildman–Crippen LogP) is 3.69. The molecule has 3 heterocycles. The number of furan rings is 1. The summed E-state index contributed by atoms with van der Waals surface area (Å²) in [6, 6.07) is 11.5. The Morgan fingerprint density at radius 3 is 2.34 bits per heavy atom. The van der Waals surface area contributed by atoms with Crippen LogP contribution in [0.15, 0.2) is 52.5 Å². The molecule has 4 amide bonds. The Labute approximate surface area is 187 Å². The molecule has 2 fully saturated rings. The van der Waals surface area contributed by atoms with Crippen molar-refractivity contribution < 1.29 is 23.5 Å². The summed E-state index contributed by atoms with van der Waals surface area (Å²) in [7, 11) is 1.49. The molecule has 32 heavy (non-hydrogen) atoms. The number of benzene rings is 1. The zero-order chi connectivity index (χ0) is 22.5. The van der Waals surface area contributed by atoms with E-state index < -0.39 is 17.8 Å². The van der Waals surface area contributed by atoms with Crippen LogP contribution in [0.1, 0.15) is 31.4 Å². The molecule has 8 heteroatoms. The minimum atomic E-state index is -0.690. The van der Waals surface area contributed by atoms with Gasteiger partial charge in [0.05, 0.1) is 18.8 Å². The third-order valence-corrected chi connectivity index (χ3v) is 5.68. The molecule has 8 nitrogen and oxygen atoms in total. The minimum absolute atomic E-state index is 0.0410. The number of imide groups is 2. The van der Waals surface area contributed by atoms with Crippen molar-refractivity contribution in [2.24, 2.45) is 0 Å². The van der Waals surface area contributed by atoms with Crippen molar-refractivity contribution in [1.29, 1.82) is 0 Å². The number of urea groups is 1. The first-order chi connectivity index (χ1) is 15.6. The van der Waals surface area contributed by atoms with Gasteiger partial charge in [0.1, 0.15) is 11.3 Å². The van der Waals surface area contributed by atoms with Gasteiger partial charge in [-0.15, -0.1) is 0 Å². The van der Waals surface area contributed by atoms with Gasteiger partial charge in [-0.3, -0.25) is 14.5 Å². The highest BCUT2D eigenvalue weighted by Gasteiger charge is 2.42. The lowest BCUT2D eigenvalue weighted by atomic mass is 10.1. The van der Waals surface area contributed by atoms with E-state index in [4.69, 9.17) is 9.15 Å². The van der Waals surface area contributed by atoms with Gasteiger partial charge >= 0.3 is 6.03 Å². The van der Waals surface area contributed by atoms with Crippen LogP contribution in [0.25, 0.3) is 6.08 Å². The molecule has 168 valence electrons. The number of nitrogens with zero attached hydrogens (tertiary/aromatic N) is 3. The molecule has 2 aliphatic heterocycles. The summed E-state index contributed by atoms with van der Waals surface area (Å²) in [6.07, 6.45) is 6.05. The molecule has 2 aliphatic rings. The lowest BCUT2D eigenvalue weighted by Crippen LogP contribution is -2.57. The SMILES string of the molecule is COCCN1C(=O)/C(=C/c2ccc(N3CCCCCC3)o2)C(=O)N(c2ccccc2)C1=O. The van der Waals surface area contributed by atoms with Crippen molar-refractivity contribution in [2.45, 2.75) is 25.7 Å². The second-order valence-corrected chi connectivity index (χ2v) is 7.84. The second kappa shape index (κ2) is 9.82. The summed E-state index contributed by atoms with van der Waals surface area (Å²) >= 11 is 0. The normalized spacial score (nSPS) is 19.1. The van der Waals surface area contributed by atoms with E-state index in [9.17, 15) is 14.4 Å². The molecular weight excluding hydrogens is 410 g/mol. The second-order valence-electron chi connectivity index (χ2n) is 7.84. The Morgan fingerprint density at radius 1 is 0.938 bits per heavy atom. The smallest absolute Gasteiger partial charge is 0.338 e. The maximum absolute atomic E-state index is 13.2. The molecule has 0 radical (unpaired) electrons. The van der Waals surface area contributed by atoms with E-state index >= 15 is 0 Å². The molecule has 4 rings (SSSR count). The Hall–Kier alpha value is -3.39. The highest BCUT2D eigenvalue weighted by molar-refractivity contribution is 6.39. The van der Waals surface area contributed by atoms with Gasteiger partial charge < -0.3 is 14.1 Å². The number of hydrogen-bond acceptors (Lipinski definition) is 6. The van der Waals surface area contributed by atoms with E-state index in [1.165, 1.54) is 26.0 Å². The van der Waals surface area contributed by atoms with Crippen LogP contribution in [-0.4, -0.2) is 56.1 Å². The van der Waals surface area contributed by atoms with Crippen LogP contribution < -0.4 is 9.80 Å². The Balaban J connectivity index is 1.66. The predicted molar refractivity (Wildman–Crippen MR) is 120 cm³/mol. The number of ether oxygens (including phenoxy) is 1. The van der Waals surface area contributed by atoms with Crippen LogP contribution >= 0.6 is 0 Å². The molecule has 2 saturated heterocycles. The summed E-state index contributed by atoms with van der Waals surface area (Å²) < 4.78 is 11.0. The summed E-state index contributed by atoms with van der Waals surface area (Å²) in [5.74, 6) is -0.207. The third-order valence-electron chi connectivity index (χ3n) is 5.68. The largest absolute Gasteiger partial charge is 0.441 e. The number of methoxy groups -OCH3 is 1. The summed E-state index contributed by atoms with van der Waals surface area (Å²) in [6.45, 7) is 2.05. The monoisotopic (exact) mass is 437 g/mol. The number of carbonyl (C=O) groups is 3. The number of rotatable bonds is 6.